The lowest BCUT2D eigenvalue weighted by molar-refractivity contribution is 0.221. The summed E-state index contributed by atoms with van der Waals surface area (Å²) in [6, 6.07) is 0.165. The first-order valence-corrected chi connectivity index (χ1v) is 9.78. The molecule has 1 aromatic heterocycles. The molecule has 1 aliphatic heterocycles. The highest BCUT2D eigenvalue weighted by atomic mass is 32.2. The van der Waals surface area contributed by atoms with E-state index in [1.807, 2.05) is 19.4 Å². The number of sulfonamides is 1. The molecular weight excluding hydrogens is 300 g/mol. The van der Waals surface area contributed by atoms with Crippen LogP contribution in [0.1, 0.15) is 44.1 Å². The van der Waals surface area contributed by atoms with Crippen LogP contribution in [0.15, 0.2) is 12.4 Å². The molecule has 2 aliphatic rings. The molecule has 0 unspecified atom stereocenters. The zero-order valence-electron chi connectivity index (χ0n) is 13.2. The van der Waals surface area contributed by atoms with E-state index in [9.17, 15) is 8.42 Å². The summed E-state index contributed by atoms with van der Waals surface area (Å²) in [4.78, 5) is 2.24. The molecule has 1 saturated carbocycles. The molecule has 3 rings (SSSR count). The number of nitrogens with zero attached hydrogens (tertiary/aromatic N) is 3. The number of aromatic nitrogens is 2. The fraction of sp³-hybridized carbons (Fsp3) is 0.800. The van der Waals surface area contributed by atoms with Crippen molar-refractivity contribution in [3.05, 3.63) is 18.0 Å². The third-order valence-corrected chi connectivity index (χ3v) is 6.68. The van der Waals surface area contributed by atoms with Gasteiger partial charge in [-0.1, -0.05) is 12.8 Å². The number of hydrogen-bond acceptors (Lipinski definition) is 4. The van der Waals surface area contributed by atoms with Gasteiger partial charge < -0.3 is 0 Å². The number of aryl methyl sites for hydroxylation is 1. The quantitative estimate of drug-likeness (QED) is 0.884. The van der Waals surface area contributed by atoms with Gasteiger partial charge in [-0.3, -0.25) is 9.58 Å². The Morgan fingerprint density at radius 3 is 2.73 bits per heavy atom. The Balaban J connectivity index is 1.59. The normalized spacial score (nSPS) is 24.9. The second-order valence-corrected chi connectivity index (χ2v) is 8.66. The molecule has 124 valence electrons. The molecule has 2 heterocycles. The van der Waals surface area contributed by atoms with E-state index in [4.69, 9.17) is 0 Å². The van der Waals surface area contributed by atoms with E-state index in [1.54, 1.807) is 4.68 Å². The Kier molecular flexibility index (Phi) is 4.84. The molecule has 1 atom stereocenters. The van der Waals surface area contributed by atoms with E-state index < -0.39 is 10.0 Å². The van der Waals surface area contributed by atoms with Gasteiger partial charge in [0.15, 0.2) is 0 Å². The first kappa shape index (κ1) is 16.0. The average molecular weight is 326 g/mol. The van der Waals surface area contributed by atoms with Gasteiger partial charge in [0, 0.05) is 37.9 Å². The predicted molar refractivity (Wildman–Crippen MR) is 85.8 cm³/mol. The lowest BCUT2D eigenvalue weighted by atomic mass is 10.1. The molecule has 6 nitrogen and oxygen atoms in total. The van der Waals surface area contributed by atoms with Gasteiger partial charge >= 0.3 is 0 Å². The van der Waals surface area contributed by atoms with E-state index in [-0.39, 0.29) is 11.3 Å². The third kappa shape index (κ3) is 3.88. The van der Waals surface area contributed by atoms with Crippen molar-refractivity contribution < 1.29 is 8.42 Å². The van der Waals surface area contributed by atoms with Crippen molar-refractivity contribution in [3.8, 4) is 0 Å². The van der Waals surface area contributed by atoms with Crippen LogP contribution in [0.5, 0.6) is 0 Å². The number of hydrogen-bond donors (Lipinski definition) is 1. The molecule has 0 amide bonds. The van der Waals surface area contributed by atoms with Crippen molar-refractivity contribution in [3.63, 3.8) is 0 Å². The standard InChI is InChI=1S/C15H26N4O2S/c1-18-10-13(9-16-18)11-19-8-4-7-15(12-19)22(20,21)17-14-5-2-3-6-14/h9-10,14-15,17H,2-8,11-12H2,1H3/t15-/m1/s1. The summed E-state index contributed by atoms with van der Waals surface area (Å²) in [7, 11) is -1.30. The fourth-order valence-electron chi connectivity index (χ4n) is 3.59. The van der Waals surface area contributed by atoms with Crippen LogP contribution in [0.25, 0.3) is 0 Å². The first-order chi connectivity index (χ1) is 10.5. The topological polar surface area (TPSA) is 67.2 Å². The Morgan fingerprint density at radius 2 is 2.05 bits per heavy atom. The van der Waals surface area contributed by atoms with Gasteiger partial charge in [-0.2, -0.15) is 5.10 Å². The van der Waals surface area contributed by atoms with Gasteiger partial charge in [-0.15, -0.1) is 0 Å². The highest BCUT2D eigenvalue weighted by Crippen LogP contribution is 2.22. The molecule has 0 radical (unpaired) electrons. The Bertz CT molecular complexity index is 592. The minimum atomic E-state index is -3.20. The van der Waals surface area contributed by atoms with Gasteiger partial charge in [-0.25, -0.2) is 13.1 Å². The van der Waals surface area contributed by atoms with Crippen LogP contribution in [0, 0.1) is 0 Å². The van der Waals surface area contributed by atoms with Crippen molar-refractivity contribution in [2.75, 3.05) is 13.1 Å². The number of likely N-dealkylation sites (tertiary alicyclic amines) is 1. The van der Waals surface area contributed by atoms with Crippen molar-refractivity contribution >= 4 is 10.0 Å². The van der Waals surface area contributed by atoms with Crippen LogP contribution < -0.4 is 4.72 Å². The molecular formula is C15H26N4O2S. The zero-order chi connectivity index (χ0) is 15.6. The van der Waals surface area contributed by atoms with Crippen molar-refractivity contribution in [2.24, 2.45) is 7.05 Å². The van der Waals surface area contributed by atoms with Crippen LogP contribution in [-0.4, -0.2) is 47.5 Å². The highest BCUT2D eigenvalue weighted by molar-refractivity contribution is 7.90. The summed E-state index contributed by atoms with van der Waals surface area (Å²) in [6.07, 6.45) is 9.83. The molecule has 1 N–H and O–H groups in total. The zero-order valence-corrected chi connectivity index (χ0v) is 14.1. The average Bonchev–Trinajstić information content (AvgIpc) is 3.11. The van der Waals surface area contributed by atoms with E-state index in [0.717, 1.165) is 57.2 Å². The van der Waals surface area contributed by atoms with Gasteiger partial charge in [0.25, 0.3) is 0 Å². The summed E-state index contributed by atoms with van der Waals surface area (Å²) in [6.45, 7) is 2.37. The summed E-state index contributed by atoms with van der Waals surface area (Å²) in [5.74, 6) is 0. The van der Waals surface area contributed by atoms with Crippen molar-refractivity contribution in [1.82, 2.24) is 19.4 Å². The molecule has 1 aliphatic carbocycles. The minimum absolute atomic E-state index is 0.165. The van der Waals surface area contributed by atoms with E-state index in [1.165, 1.54) is 0 Å². The third-order valence-electron chi connectivity index (χ3n) is 4.75. The molecule has 0 aromatic carbocycles. The van der Waals surface area contributed by atoms with Gasteiger partial charge in [0.1, 0.15) is 0 Å². The number of nitrogens with one attached hydrogen (secondary N) is 1. The van der Waals surface area contributed by atoms with E-state index in [2.05, 4.69) is 14.7 Å². The molecule has 1 saturated heterocycles. The van der Waals surface area contributed by atoms with Crippen LogP contribution >= 0.6 is 0 Å². The Hall–Kier alpha value is -0.920. The van der Waals surface area contributed by atoms with Crippen LogP contribution in [0.2, 0.25) is 0 Å². The maximum Gasteiger partial charge on any atom is 0.215 e. The Labute approximate surface area is 132 Å². The van der Waals surface area contributed by atoms with E-state index in [0.29, 0.717) is 6.54 Å². The van der Waals surface area contributed by atoms with Gasteiger partial charge in [0.05, 0.1) is 11.4 Å². The van der Waals surface area contributed by atoms with Crippen molar-refractivity contribution in [1.29, 1.82) is 0 Å². The summed E-state index contributed by atoms with van der Waals surface area (Å²) < 4.78 is 29.9. The number of rotatable bonds is 5. The fourth-order valence-corrected chi connectivity index (χ4v) is 5.37. The smallest absolute Gasteiger partial charge is 0.215 e. The molecule has 22 heavy (non-hydrogen) atoms. The monoisotopic (exact) mass is 326 g/mol. The second-order valence-electron chi connectivity index (χ2n) is 6.67. The maximum absolute atomic E-state index is 12.6. The number of piperidine rings is 1. The summed E-state index contributed by atoms with van der Waals surface area (Å²) >= 11 is 0. The maximum atomic E-state index is 12.6. The minimum Gasteiger partial charge on any atom is -0.298 e. The lowest BCUT2D eigenvalue weighted by Gasteiger charge is -2.32. The second kappa shape index (κ2) is 6.68. The van der Waals surface area contributed by atoms with Crippen LogP contribution in [0.3, 0.4) is 0 Å². The first-order valence-electron chi connectivity index (χ1n) is 8.24. The highest BCUT2D eigenvalue weighted by Gasteiger charge is 2.33. The predicted octanol–water partition coefficient (Wildman–Crippen LogP) is 1.25. The van der Waals surface area contributed by atoms with Crippen LogP contribution in [0.4, 0.5) is 0 Å². The largest absolute Gasteiger partial charge is 0.298 e. The summed E-state index contributed by atoms with van der Waals surface area (Å²) in [5.41, 5.74) is 1.14. The molecule has 0 spiro atoms. The van der Waals surface area contributed by atoms with Gasteiger partial charge in [-0.05, 0) is 32.2 Å². The summed E-state index contributed by atoms with van der Waals surface area (Å²) in [5, 5.41) is 3.90. The molecule has 0 bridgehead atoms. The molecule has 7 heteroatoms. The molecule has 2 fully saturated rings. The lowest BCUT2D eigenvalue weighted by Crippen LogP contribution is -2.48. The van der Waals surface area contributed by atoms with Gasteiger partial charge in [0.2, 0.25) is 10.0 Å². The molecule has 1 aromatic rings. The van der Waals surface area contributed by atoms with Crippen molar-refractivity contribution in [2.45, 2.75) is 56.4 Å². The van der Waals surface area contributed by atoms with E-state index >= 15 is 0 Å². The van der Waals surface area contributed by atoms with Crippen LogP contribution in [-0.2, 0) is 23.6 Å². The Morgan fingerprint density at radius 1 is 1.27 bits per heavy atom. The SMILES string of the molecule is Cn1cc(CN2CCC[C@@H](S(=O)(=O)NC3CCCC3)C2)cn1.